The van der Waals surface area contributed by atoms with Gasteiger partial charge in [-0.15, -0.1) is 0 Å². The molecule has 52 heavy (non-hydrogen) atoms. The molecule has 2 aromatic rings. The molecule has 282 valence electrons. The molecule has 0 spiro atoms. The quantitative estimate of drug-likeness (QED) is 0.135. The van der Waals surface area contributed by atoms with Crippen molar-refractivity contribution in [3.63, 3.8) is 0 Å². The van der Waals surface area contributed by atoms with Crippen molar-refractivity contribution in [1.82, 2.24) is 4.90 Å². The average molecular weight is 711 g/mol. The van der Waals surface area contributed by atoms with Gasteiger partial charge in [-0.3, -0.25) is 9.59 Å². The normalized spacial score (nSPS) is 33.2. The second kappa shape index (κ2) is 16.8. The SMILES string of the molecule is CC(C)CC1(C)CCC2(C)C(CC=C3C2CCC2C4COCC32CCC4OCCN(Cc2ccccc2)C(=O)C=N)C1.O=COCc1ccccc1. The molecular weight excluding hydrogens is 649 g/mol. The second-order valence-corrected chi connectivity index (χ2v) is 17.5. The summed E-state index contributed by atoms with van der Waals surface area (Å²) in [6.45, 7) is 14.1. The van der Waals surface area contributed by atoms with E-state index >= 15 is 0 Å². The summed E-state index contributed by atoms with van der Waals surface area (Å²) in [4.78, 5) is 24.0. The predicted octanol–water partition coefficient (Wildman–Crippen LogP) is 9.05. The van der Waals surface area contributed by atoms with Gasteiger partial charge in [-0.1, -0.05) is 100 Å². The Hall–Kier alpha value is -3.29. The number of carbonyl (C=O) groups is 2. The van der Waals surface area contributed by atoms with Crippen LogP contribution in [0.3, 0.4) is 0 Å². The van der Waals surface area contributed by atoms with Gasteiger partial charge in [0.2, 0.25) is 0 Å². The highest BCUT2D eigenvalue weighted by Gasteiger charge is 2.62. The number of nitrogens with zero attached hydrogens (tertiary/aromatic N) is 1. The van der Waals surface area contributed by atoms with Crippen LogP contribution in [0.15, 0.2) is 72.3 Å². The van der Waals surface area contributed by atoms with Gasteiger partial charge in [0.25, 0.3) is 12.4 Å². The first-order chi connectivity index (χ1) is 25.1. The topological polar surface area (TPSA) is 88.9 Å². The first-order valence-corrected chi connectivity index (χ1v) is 19.9. The highest BCUT2D eigenvalue weighted by molar-refractivity contribution is 6.24. The van der Waals surface area contributed by atoms with E-state index in [9.17, 15) is 9.59 Å². The molecule has 5 aliphatic rings. The fourth-order valence-corrected chi connectivity index (χ4v) is 11.4. The van der Waals surface area contributed by atoms with Crippen LogP contribution in [0.5, 0.6) is 0 Å². The summed E-state index contributed by atoms with van der Waals surface area (Å²) in [7, 11) is 0. The van der Waals surface area contributed by atoms with Gasteiger partial charge < -0.3 is 24.5 Å². The Balaban J connectivity index is 0.000000402. The number of carbonyl (C=O) groups excluding carboxylic acids is 2. The van der Waals surface area contributed by atoms with E-state index in [-0.39, 0.29) is 17.4 Å². The molecule has 1 saturated heterocycles. The number of hydrogen-bond acceptors (Lipinski definition) is 6. The molecule has 1 heterocycles. The number of ether oxygens (including phenoxy) is 3. The zero-order valence-corrected chi connectivity index (χ0v) is 32.1. The molecule has 0 aromatic heterocycles. The van der Waals surface area contributed by atoms with Crippen molar-refractivity contribution in [3.05, 3.63) is 83.4 Å². The maximum atomic E-state index is 12.5. The van der Waals surface area contributed by atoms with Gasteiger partial charge in [0.15, 0.2) is 0 Å². The number of nitrogens with one attached hydrogen (secondary N) is 1. The van der Waals surface area contributed by atoms with Crippen LogP contribution in [0.4, 0.5) is 0 Å². The Morgan fingerprint density at radius 3 is 2.42 bits per heavy atom. The maximum Gasteiger partial charge on any atom is 0.293 e. The van der Waals surface area contributed by atoms with Gasteiger partial charge in [-0.25, -0.2) is 0 Å². The number of rotatable bonds is 12. The Labute approximate surface area is 312 Å². The van der Waals surface area contributed by atoms with Crippen LogP contribution < -0.4 is 0 Å². The van der Waals surface area contributed by atoms with Crippen molar-refractivity contribution in [2.45, 2.75) is 105 Å². The number of fused-ring (bicyclic) bond motifs is 3. The molecule has 2 aromatic carbocycles. The smallest absolute Gasteiger partial charge is 0.293 e. The number of benzene rings is 2. The molecule has 1 aliphatic heterocycles. The van der Waals surface area contributed by atoms with Gasteiger partial charge in [-0.05, 0) is 103 Å². The predicted molar refractivity (Wildman–Crippen MR) is 206 cm³/mol. The minimum atomic E-state index is -0.257. The zero-order valence-electron chi connectivity index (χ0n) is 32.1. The molecule has 7 rings (SSSR count). The second-order valence-electron chi connectivity index (χ2n) is 17.5. The van der Waals surface area contributed by atoms with E-state index in [0.29, 0.717) is 55.4 Å². The van der Waals surface area contributed by atoms with Crippen LogP contribution in [0.2, 0.25) is 0 Å². The Morgan fingerprint density at radius 1 is 1.00 bits per heavy atom. The lowest BCUT2D eigenvalue weighted by Gasteiger charge is -2.65. The van der Waals surface area contributed by atoms with Crippen LogP contribution in [-0.4, -0.2) is 56.0 Å². The number of amides is 1. The van der Waals surface area contributed by atoms with E-state index in [1.54, 1.807) is 10.5 Å². The van der Waals surface area contributed by atoms with Crippen LogP contribution >= 0.6 is 0 Å². The molecule has 2 bridgehead atoms. The van der Waals surface area contributed by atoms with Gasteiger partial charge >= 0.3 is 0 Å². The molecule has 1 N–H and O–H groups in total. The molecular formula is C45H62N2O5. The molecule has 8 unspecified atom stereocenters. The van der Waals surface area contributed by atoms with Gasteiger partial charge in [0.05, 0.1) is 32.1 Å². The van der Waals surface area contributed by atoms with E-state index < -0.39 is 0 Å². The van der Waals surface area contributed by atoms with E-state index in [1.165, 1.54) is 51.4 Å². The fourth-order valence-electron chi connectivity index (χ4n) is 11.4. The summed E-state index contributed by atoms with van der Waals surface area (Å²) in [5.74, 6) is 3.13. The molecule has 0 radical (unpaired) electrons. The van der Waals surface area contributed by atoms with Crippen LogP contribution in [-0.2, 0) is 37.0 Å². The minimum Gasteiger partial charge on any atom is -0.463 e. The third kappa shape index (κ3) is 8.26. The van der Waals surface area contributed by atoms with Crippen LogP contribution in [0, 0.1) is 51.2 Å². The molecule has 7 heteroatoms. The monoisotopic (exact) mass is 710 g/mol. The zero-order chi connectivity index (χ0) is 36.8. The number of hydrogen-bond donors (Lipinski definition) is 1. The van der Waals surface area contributed by atoms with Gasteiger partial charge in [0.1, 0.15) is 6.61 Å². The molecule has 4 aliphatic carbocycles. The van der Waals surface area contributed by atoms with E-state index in [1.807, 2.05) is 60.7 Å². The lowest BCUT2D eigenvalue weighted by atomic mass is 9.42. The Morgan fingerprint density at radius 2 is 1.73 bits per heavy atom. The summed E-state index contributed by atoms with van der Waals surface area (Å²) in [5, 5.41) is 7.54. The van der Waals surface area contributed by atoms with E-state index in [0.717, 1.165) is 54.7 Å². The fraction of sp³-hybridized carbons (Fsp3) is 0.622. The van der Waals surface area contributed by atoms with E-state index in [4.69, 9.17) is 14.9 Å². The van der Waals surface area contributed by atoms with Crippen molar-refractivity contribution in [2.24, 2.45) is 45.8 Å². The van der Waals surface area contributed by atoms with Crippen molar-refractivity contribution in [1.29, 1.82) is 5.41 Å². The summed E-state index contributed by atoms with van der Waals surface area (Å²) in [6.07, 6.45) is 15.5. The molecule has 8 atom stereocenters. The number of allylic oxidation sites excluding steroid dienone is 1. The first kappa shape index (κ1) is 38.4. The summed E-state index contributed by atoms with van der Waals surface area (Å²) >= 11 is 0. The van der Waals surface area contributed by atoms with Crippen molar-refractivity contribution in [3.8, 4) is 0 Å². The highest BCUT2D eigenvalue weighted by atomic mass is 16.5. The molecule has 1 amide bonds. The lowest BCUT2D eigenvalue weighted by Crippen LogP contribution is -2.60. The van der Waals surface area contributed by atoms with E-state index in [2.05, 4.69) is 38.5 Å². The summed E-state index contributed by atoms with van der Waals surface area (Å²) in [6, 6.07) is 19.6. The van der Waals surface area contributed by atoms with Crippen LogP contribution in [0.25, 0.3) is 0 Å². The third-order valence-corrected chi connectivity index (χ3v) is 13.7. The maximum absolute atomic E-state index is 12.5. The standard InChI is InChI=1S/C37H54N2O3.C8H8O2/c1-26(2)20-35(3)16-17-36(4)28(21-35)10-11-32-31(36)13-12-30-29-24-41-25-37(30,32)15-14-33(29)42-19-18-39(34(40)22-38)23-27-8-6-5-7-9-27;9-7-10-6-8-4-2-1-3-5-8/h5-9,11,22,26,28-31,33,38H,10,12-21,23-25H2,1-4H3;1-5,7H,6H2. The molecule has 3 saturated carbocycles. The molecule has 7 nitrogen and oxygen atoms in total. The molecule has 4 fully saturated rings. The minimum absolute atomic E-state index is 0.188. The third-order valence-electron chi connectivity index (χ3n) is 13.7. The summed E-state index contributed by atoms with van der Waals surface area (Å²) < 4.78 is 17.6. The van der Waals surface area contributed by atoms with Crippen molar-refractivity contribution in [2.75, 3.05) is 26.4 Å². The summed E-state index contributed by atoms with van der Waals surface area (Å²) in [5.41, 5.74) is 5.01. The van der Waals surface area contributed by atoms with Crippen molar-refractivity contribution < 1.29 is 23.8 Å². The highest BCUT2D eigenvalue weighted by Crippen LogP contribution is 2.68. The first-order valence-electron chi connectivity index (χ1n) is 19.9. The van der Waals surface area contributed by atoms with Gasteiger partial charge in [-0.2, -0.15) is 0 Å². The average Bonchev–Trinajstić information content (AvgIpc) is 3.14. The Kier molecular flexibility index (Phi) is 12.4. The van der Waals surface area contributed by atoms with Gasteiger partial charge in [0, 0.05) is 24.4 Å². The van der Waals surface area contributed by atoms with Crippen molar-refractivity contribution >= 4 is 18.6 Å². The lowest BCUT2D eigenvalue weighted by molar-refractivity contribution is -0.183. The van der Waals surface area contributed by atoms with Crippen LogP contribution in [0.1, 0.15) is 96.6 Å². The Bertz CT molecular complexity index is 1530. The largest absolute Gasteiger partial charge is 0.463 e.